The third-order valence-corrected chi connectivity index (χ3v) is 3.66. The molecule has 2 N–H and O–H groups in total. The van der Waals surface area contributed by atoms with Gasteiger partial charge in [-0.15, -0.1) is 0 Å². The molecule has 2 rings (SSSR count). The topological polar surface area (TPSA) is 93.5 Å². The van der Waals surface area contributed by atoms with E-state index in [-0.39, 0.29) is 22.5 Å². The molecule has 118 valence electrons. The molecule has 8 heteroatoms. The molecule has 0 radical (unpaired) electrons. The number of ether oxygens (including phenoxy) is 1. The molecule has 0 aromatic heterocycles. The Hall–Kier alpha value is -2.06. The van der Waals surface area contributed by atoms with E-state index >= 15 is 0 Å². The van der Waals surface area contributed by atoms with Gasteiger partial charge >= 0.3 is 0 Å². The van der Waals surface area contributed by atoms with Crippen molar-refractivity contribution >= 4 is 28.9 Å². The Labute approximate surface area is 133 Å². The molecule has 1 aromatic carbocycles. The van der Waals surface area contributed by atoms with E-state index in [1.807, 2.05) is 0 Å². The summed E-state index contributed by atoms with van der Waals surface area (Å²) in [4.78, 5) is 22.4. The van der Waals surface area contributed by atoms with Crippen LogP contribution >= 0.6 is 12.2 Å². The zero-order valence-corrected chi connectivity index (χ0v) is 12.9. The van der Waals surface area contributed by atoms with Crippen LogP contribution in [0.25, 0.3) is 0 Å². The van der Waals surface area contributed by atoms with Crippen molar-refractivity contribution in [2.75, 3.05) is 13.2 Å². The predicted molar refractivity (Wildman–Crippen MR) is 84.9 cm³/mol. The van der Waals surface area contributed by atoms with Crippen LogP contribution in [0, 0.1) is 17.0 Å². The van der Waals surface area contributed by atoms with Gasteiger partial charge in [-0.1, -0.05) is 6.07 Å². The lowest BCUT2D eigenvalue weighted by Crippen LogP contribution is -2.42. The third kappa shape index (κ3) is 4.22. The van der Waals surface area contributed by atoms with Crippen LogP contribution in [0.15, 0.2) is 18.2 Å². The van der Waals surface area contributed by atoms with E-state index in [0.717, 1.165) is 19.4 Å². The standard InChI is InChI=1S/C14H17N3O4S/c1-9-4-5-10(7-12(9)17(19)20)13(18)16-14(22)15-8-11-3-2-6-21-11/h4-5,7,11H,2-3,6,8H2,1H3,(H2,15,16,18,22)/t11-/m1/s1. The number of nitrogens with zero attached hydrogens (tertiary/aromatic N) is 1. The molecule has 7 nitrogen and oxygen atoms in total. The number of amides is 1. The molecule has 22 heavy (non-hydrogen) atoms. The minimum Gasteiger partial charge on any atom is -0.376 e. The van der Waals surface area contributed by atoms with E-state index in [4.69, 9.17) is 17.0 Å². The summed E-state index contributed by atoms with van der Waals surface area (Å²) >= 11 is 5.04. The first-order chi connectivity index (χ1) is 10.5. The van der Waals surface area contributed by atoms with Gasteiger partial charge in [0.05, 0.1) is 11.0 Å². The van der Waals surface area contributed by atoms with E-state index in [9.17, 15) is 14.9 Å². The summed E-state index contributed by atoms with van der Waals surface area (Å²) in [5, 5.41) is 16.5. The number of nitro groups is 1. The Balaban J connectivity index is 1.92. The maximum atomic E-state index is 12.0. The average Bonchev–Trinajstić information content (AvgIpc) is 2.98. The normalized spacial score (nSPS) is 17.0. The molecule has 0 bridgehead atoms. The second-order valence-corrected chi connectivity index (χ2v) is 5.47. The fourth-order valence-electron chi connectivity index (χ4n) is 2.18. The van der Waals surface area contributed by atoms with E-state index in [1.54, 1.807) is 6.92 Å². The number of carbonyl (C=O) groups is 1. The van der Waals surface area contributed by atoms with Crippen LogP contribution in [-0.2, 0) is 4.74 Å². The van der Waals surface area contributed by atoms with Crippen molar-refractivity contribution in [2.45, 2.75) is 25.9 Å². The Bertz CT molecular complexity index is 600. The van der Waals surface area contributed by atoms with Gasteiger partial charge in [-0.05, 0) is 38.0 Å². The summed E-state index contributed by atoms with van der Waals surface area (Å²) in [7, 11) is 0. The van der Waals surface area contributed by atoms with Crippen LogP contribution in [0.5, 0.6) is 0 Å². The molecule has 1 heterocycles. The van der Waals surface area contributed by atoms with Crippen LogP contribution < -0.4 is 10.6 Å². The van der Waals surface area contributed by atoms with E-state index in [1.165, 1.54) is 18.2 Å². The summed E-state index contributed by atoms with van der Waals surface area (Å²) < 4.78 is 5.44. The zero-order chi connectivity index (χ0) is 16.1. The molecule has 1 saturated heterocycles. The second kappa shape index (κ2) is 7.28. The summed E-state index contributed by atoms with van der Waals surface area (Å²) in [5.41, 5.74) is 0.602. The fraction of sp³-hybridized carbons (Fsp3) is 0.429. The van der Waals surface area contributed by atoms with E-state index in [2.05, 4.69) is 10.6 Å². The van der Waals surface area contributed by atoms with Crippen molar-refractivity contribution < 1.29 is 14.5 Å². The highest BCUT2D eigenvalue weighted by Crippen LogP contribution is 2.19. The Morgan fingerprint density at radius 1 is 1.55 bits per heavy atom. The van der Waals surface area contributed by atoms with Gasteiger partial charge in [0.15, 0.2) is 5.11 Å². The van der Waals surface area contributed by atoms with Crippen LogP contribution in [0.4, 0.5) is 5.69 Å². The van der Waals surface area contributed by atoms with Crippen molar-refractivity contribution in [3.63, 3.8) is 0 Å². The van der Waals surface area contributed by atoms with Gasteiger partial charge in [-0.3, -0.25) is 20.2 Å². The van der Waals surface area contributed by atoms with Gasteiger partial charge in [-0.2, -0.15) is 0 Å². The smallest absolute Gasteiger partial charge is 0.273 e. The zero-order valence-electron chi connectivity index (χ0n) is 12.1. The highest BCUT2D eigenvalue weighted by Gasteiger charge is 2.17. The minimum atomic E-state index is -0.514. The maximum absolute atomic E-state index is 12.0. The Morgan fingerprint density at radius 3 is 2.95 bits per heavy atom. The van der Waals surface area contributed by atoms with Gasteiger partial charge in [0.2, 0.25) is 0 Å². The van der Waals surface area contributed by atoms with E-state index in [0.29, 0.717) is 12.1 Å². The summed E-state index contributed by atoms with van der Waals surface area (Å²) in [5.74, 6) is -0.479. The molecule has 1 amide bonds. The van der Waals surface area contributed by atoms with Crippen LogP contribution in [-0.4, -0.2) is 35.2 Å². The molecule has 0 spiro atoms. The highest BCUT2D eigenvalue weighted by atomic mass is 32.1. The van der Waals surface area contributed by atoms with Crippen LogP contribution in [0.2, 0.25) is 0 Å². The lowest BCUT2D eigenvalue weighted by Gasteiger charge is -2.13. The molecule has 0 saturated carbocycles. The summed E-state index contributed by atoms with van der Waals surface area (Å²) in [6.07, 6.45) is 2.10. The number of benzene rings is 1. The molecule has 0 aliphatic carbocycles. The predicted octanol–water partition coefficient (Wildman–Crippen LogP) is 1.69. The first-order valence-corrected chi connectivity index (χ1v) is 7.34. The van der Waals surface area contributed by atoms with Crippen molar-refractivity contribution in [1.82, 2.24) is 10.6 Å². The van der Waals surface area contributed by atoms with Crippen molar-refractivity contribution in [2.24, 2.45) is 0 Å². The van der Waals surface area contributed by atoms with E-state index < -0.39 is 10.8 Å². The van der Waals surface area contributed by atoms with Crippen LogP contribution in [0.1, 0.15) is 28.8 Å². The fourth-order valence-corrected chi connectivity index (χ4v) is 2.35. The number of rotatable bonds is 4. The number of nitrogens with one attached hydrogen (secondary N) is 2. The Morgan fingerprint density at radius 2 is 2.32 bits per heavy atom. The van der Waals surface area contributed by atoms with Gasteiger partial charge < -0.3 is 10.1 Å². The van der Waals surface area contributed by atoms with Crippen molar-refractivity contribution in [3.8, 4) is 0 Å². The molecular weight excluding hydrogens is 306 g/mol. The van der Waals surface area contributed by atoms with Crippen molar-refractivity contribution in [3.05, 3.63) is 39.4 Å². The second-order valence-electron chi connectivity index (χ2n) is 5.06. The highest BCUT2D eigenvalue weighted by molar-refractivity contribution is 7.80. The van der Waals surface area contributed by atoms with Gasteiger partial charge in [0, 0.05) is 30.3 Å². The molecule has 1 aliphatic rings. The van der Waals surface area contributed by atoms with Crippen LogP contribution in [0.3, 0.4) is 0 Å². The van der Waals surface area contributed by atoms with Crippen molar-refractivity contribution in [1.29, 1.82) is 0 Å². The molecule has 1 aliphatic heterocycles. The third-order valence-electron chi connectivity index (χ3n) is 3.41. The largest absolute Gasteiger partial charge is 0.376 e. The number of aryl methyl sites for hydroxylation is 1. The quantitative estimate of drug-likeness (QED) is 0.497. The average molecular weight is 323 g/mol. The molecule has 1 fully saturated rings. The lowest BCUT2D eigenvalue weighted by atomic mass is 10.1. The molecule has 1 atom stereocenters. The number of thiocarbonyl (C=S) groups is 1. The molecular formula is C14H17N3O4S. The Kier molecular flexibility index (Phi) is 5.40. The van der Waals surface area contributed by atoms with Gasteiger partial charge in [0.1, 0.15) is 0 Å². The van der Waals surface area contributed by atoms with Gasteiger partial charge in [-0.25, -0.2) is 0 Å². The summed E-state index contributed by atoms with van der Waals surface area (Å²) in [6.45, 7) is 2.90. The SMILES string of the molecule is Cc1ccc(C(=O)NC(=S)NC[C@H]2CCCO2)cc1[N+](=O)[O-]. The number of nitro benzene ring substituents is 1. The molecule has 0 unspecified atom stereocenters. The first kappa shape index (κ1) is 16.3. The maximum Gasteiger partial charge on any atom is 0.273 e. The number of hydrogen-bond acceptors (Lipinski definition) is 5. The van der Waals surface area contributed by atoms with Gasteiger partial charge in [0.25, 0.3) is 11.6 Å². The monoisotopic (exact) mass is 323 g/mol. The summed E-state index contributed by atoms with van der Waals surface area (Å²) in [6, 6.07) is 4.31. The number of hydrogen-bond donors (Lipinski definition) is 2. The minimum absolute atomic E-state index is 0.0918. The first-order valence-electron chi connectivity index (χ1n) is 6.93. The number of carbonyl (C=O) groups excluding carboxylic acids is 1. The lowest BCUT2D eigenvalue weighted by molar-refractivity contribution is -0.385. The molecule has 1 aromatic rings.